The maximum atomic E-state index is 3.34. The van der Waals surface area contributed by atoms with Crippen LogP contribution in [0.1, 0.15) is 97.3 Å². The van der Waals surface area contributed by atoms with Crippen LogP contribution in [-0.2, 0) is 0 Å². The van der Waals surface area contributed by atoms with E-state index in [1.165, 1.54) is 83.5 Å². The van der Waals surface area contributed by atoms with Gasteiger partial charge in [-0.2, -0.15) is 0 Å². The molecule has 0 spiro atoms. The monoisotopic (exact) mass is 270 g/mol. The van der Waals surface area contributed by atoms with E-state index in [9.17, 15) is 0 Å². The zero-order chi connectivity index (χ0) is 14.0. The number of hydrogen-bond donors (Lipinski definition) is 2. The maximum Gasteiger partial charge on any atom is 0.00997 e. The van der Waals surface area contributed by atoms with E-state index < -0.39 is 0 Å². The first-order valence-corrected chi connectivity index (χ1v) is 8.87. The van der Waals surface area contributed by atoms with Crippen molar-refractivity contribution in [3.05, 3.63) is 0 Å². The van der Waals surface area contributed by atoms with Gasteiger partial charge in [0.2, 0.25) is 0 Å². The van der Waals surface area contributed by atoms with E-state index in [4.69, 9.17) is 0 Å². The molecule has 116 valence electrons. The van der Waals surface area contributed by atoms with E-state index in [0.29, 0.717) is 0 Å². The molecule has 19 heavy (non-hydrogen) atoms. The Kier molecular flexibility index (Phi) is 17.8. The van der Waals surface area contributed by atoms with Gasteiger partial charge in [-0.15, -0.1) is 0 Å². The molecule has 0 saturated carbocycles. The van der Waals surface area contributed by atoms with Crippen molar-refractivity contribution in [3.8, 4) is 0 Å². The van der Waals surface area contributed by atoms with Crippen LogP contribution in [0.25, 0.3) is 0 Å². The molecule has 0 aromatic rings. The first-order valence-electron chi connectivity index (χ1n) is 8.87. The van der Waals surface area contributed by atoms with Crippen molar-refractivity contribution in [3.63, 3.8) is 0 Å². The summed E-state index contributed by atoms with van der Waals surface area (Å²) in [4.78, 5) is 0. The van der Waals surface area contributed by atoms with Gasteiger partial charge in [0, 0.05) is 13.1 Å². The SMILES string of the molecule is CCCCCCCCCNNCCCCCCCC. The molecule has 2 heteroatoms. The molecule has 0 bridgehead atoms. The minimum atomic E-state index is 1.13. The standard InChI is InChI=1S/C17H38N2/c1-3-5-7-9-11-13-15-17-19-18-16-14-12-10-8-6-4-2/h18-19H,3-17H2,1-2H3. The predicted octanol–water partition coefficient (Wildman–Crippen LogP) is 5.19. The molecular formula is C17H38N2. The first-order chi connectivity index (χ1) is 9.41. The van der Waals surface area contributed by atoms with Gasteiger partial charge >= 0.3 is 0 Å². The van der Waals surface area contributed by atoms with Gasteiger partial charge in [-0.1, -0.05) is 84.5 Å². The summed E-state index contributed by atoms with van der Waals surface area (Å²) in [6.45, 7) is 6.81. The van der Waals surface area contributed by atoms with Crippen molar-refractivity contribution in [2.24, 2.45) is 0 Å². The van der Waals surface area contributed by atoms with Crippen LogP contribution >= 0.6 is 0 Å². The highest BCUT2D eigenvalue weighted by Gasteiger charge is 1.92. The van der Waals surface area contributed by atoms with Crippen LogP contribution in [0.4, 0.5) is 0 Å². The third-order valence-corrected chi connectivity index (χ3v) is 3.69. The van der Waals surface area contributed by atoms with E-state index >= 15 is 0 Å². The Balaban J connectivity index is 2.88. The van der Waals surface area contributed by atoms with Crippen LogP contribution in [-0.4, -0.2) is 13.1 Å². The molecule has 0 heterocycles. The molecule has 0 amide bonds. The normalized spacial score (nSPS) is 11.1. The van der Waals surface area contributed by atoms with Crippen LogP contribution < -0.4 is 10.9 Å². The summed E-state index contributed by atoms with van der Waals surface area (Å²) in [5.41, 5.74) is 6.68. The van der Waals surface area contributed by atoms with E-state index in [1.54, 1.807) is 0 Å². The van der Waals surface area contributed by atoms with Crippen LogP contribution in [0.15, 0.2) is 0 Å². The molecule has 2 nitrogen and oxygen atoms in total. The quantitative estimate of drug-likeness (QED) is 0.298. The van der Waals surface area contributed by atoms with Crippen molar-refractivity contribution in [1.82, 2.24) is 10.9 Å². The Bertz CT molecular complexity index is 132. The molecule has 0 radical (unpaired) electrons. The minimum Gasteiger partial charge on any atom is -0.258 e. The van der Waals surface area contributed by atoms with Gasteiger partial charge in [-0.25, -0.2) is 0 Å². The molecule has 2 N–H and O–H groups in total. The molecular weight excluding hydrogens is 232 g/mol. The molecule has 0 saturated heterocycles. The van der Waals surface area contributed by atoms with E-state index in [0.717, 1.165) is 13.1 Å². The van der Waals surface area contributed by atoms with Crippen molar-refractivity contribution in [2.45, 2.75) is 97.3 Å². The Morgan fingerprint density at radius 3 is 1.11 bits per heavy atom. The summed E-state index contributed by atoms with van der Waals surface area (Å²) in [5.74, 6) is 0. The summed E-state index contributed by atoms with van der Waals surface area (Å²) in [6, 6.07) is 0. The van der Waals surface area contributed by atoms with Crippen LogP contribution in [0, 0.1) is 0 Å². The largest absolute Gasteiger partial charge is 0.258 e. The highest BCUT2D eigenvalue weighted by Crippen LogP contribution is 2.06. The van der Waals surface area contributed by atoms with Gasteiger partial charge in [0.25, 0.3) is 0 Å². The zero-order valence-corrected chi connectivity index (χ0v) is 13.6. The molecule has 0 unspecified atom stereocenters. The average Bonchev–Trinajstić information content (AvgIpc) is 2.43. The van der Waals surface area contributed by atoms with Crippen LogP contribution in [0.5, 0.6) is 0 Å². The third kappa shape index (κ3) is 17.9. The molecule has 0 fully saturated rings. The van der Waals surface area contributed by atoms with Gasteiger partial charge in [0.15, 0.2) is 0 Å². The Morgan fingerprint density at radius 2 is 0.737 bits per heavy atom. The van der Waals surface area contributed by atoms with Crippen LogP contribution in [0.2, 0.25) is 0 Å². The lowest BCUT2D eigenvalue weighted by Crippen LogP contribution is -2.33. The van der Waals surface area contributed by atoms with Gasteiger partial charge in [-0.05, 0) is 12.8 Å². The lowest BCUT2D eigenvalue weighted by molar-refractivity contribution is 0.480. The second-order valence-corrected chi connectivity index (χ2v) is 5.74. The van der Waals surface area contributed by atoms with E-state index in [2.05, 4.69) is 24.7 Å². The zero-order valence-electron chi connectivity index (χ0n) is 13.6. The van der Waals surface area contributed by atoms with Gasteiger partial charge < -0.3 is 0 Å². The fourth-order valence-electron chi connectivity index (χ4n) is 2.34. The summed E-state index contributed by atoms with van der Waals surface area (Å²) in [7, 11) is 0. The Labute approximate surface area is 122 Å². The number of hydrazine groups is 1. The fourth-order valence-corrected chi connectivity index (χ4v) is 2.34. The van der Waals surface area contributed by atoms with Crippen molar-refractivity contribution in [1.29, 1.82) is 0 Å². The molecule has 0 aromatic carbocycles. The van der Waals surface area contributed by atoms with Crippen LogP contribution in [0.3, 0.4) is 0 Å². The van der Waals surface area contributed by atoms with Crippen molar-refractivity contribution in [2.75, 3.05) is 13.1 Å². The smallest absolute Gasteiger partial charge is 0.00997 e. The average molecular weight is 271 g/mol. The minimum absolute atomic E-state index is 1.13. The summed E-state index contributed by atoms with van der Waals surface area (Å²) >= 11 is 0. The molecule has 0 aliphatic heterocycles. The molecule has 0 aliphatic carbocycles. The number of rotatable bonds is 16. The van der Waals surface area contributed by atoms with E-state index in [-0.39, 0.29) is 0 Å². The highest BCUT2D eigenvalue weighted by atomic mass is 15.3. The summed E-state index contributed by atoms with van der Waals surface area (Å²) in [5, 5.41) is 0. The van der Waals surface area contributed by atoms with Gasteiger partial charge in [-0.3, -0.25) is 10.9 Å². The molecule has 0 rings (SSSR count). The third-order valence-electron chi connectivity index (χ3n) is 3.69. The highest BCUT2D eigenvalue weighted by molar-refractivity contribution is 4.49. The Hall–Kier alpha value is -0.0800. The molecule has 0 atom stereocenters. The first kappa shape index (κ1) is 18.9. The van der Waals surface area contributed by atoms with Crippen molar-refractivity contribution < 1.29 is 0 Å². The summed E-state index contributed by atoms with van der Waals surface area (Å²) < 4.78 is 0. The van der Waals surface area contributed by atoms with Gasteiger partial charge in [0.1, 0.15) is 0 Å². The topological polar surface area (TPSA) is 24.1 Å². The Morgan fingerprint density at radius 1 is 0.421 bits per heavy atom. The van der Waals surface area contributed by atoms with Crippen molar-refractivity contribution >= 4 is 0 Å². The van der Waals surface area contributed by atoms with Gasteiger partial charge in [0.05, 0.1) is 0 Å². The summed E-state index contributed by atoms with van der Waals surface area (Å²) in [6.07, 6.45) is 18.0. The second kappa shape index (κ2) is 17.9. The number of hydrogen-bond acceptors (Lipinski definition) is 2. The number of nitrogens with one attached hydrogen (secondary N) is 2. The van der Waals surface area contributed by atoms with E-state index in [1.807, 2.05) is 0 Å². The maximum absolute atomic E-state index is 3.34. The number of unbranched alkanes of at least 4 members (excludes halogenated alkanes) is 11. The second-order valence-electron chi connectivity index (χ2n) is 5.74. The predicted molar refractivity (Wildman–Crippen MR) is 87.4 cm³/mol. The lowest BCUT2D eigenvalue weighted by atomic mass is 10.1. The molecule has 0 aliphatic rings. The lowest BCUT2D eigenvalue weighted by Gasteiger charge is -2.07. The fraction of sp³-hybridized carbons (Fsp3) is 1.00. The molecule has 0 aromatic heterocycles.